The van der Waals surface area contributed by atoms with Gasteiger partial charge in [-0.2, -0.15) is 0 Å². The van der Waals surface area contributed by atoms with Crippen molar-refractivity contribution in [3.63, 3.8) is 0 Å². The summed E-state index contributed by atoms with van der Waals surface area (Å²) >= 11 is 10.4. The second kappa shape index (κ2) is 6.16. The molecule has 0 spiro atoms. The molecule has 1 saturated heterocycles. The second-order valence-corrected chi connectivity index (χ2v) is 5.88. The molecular formula is C14H18ClNO2S. The number of thiol groups is 1. The minimum atomic E-state index is -0.0464. The zero-order chi connectivity index (χ0) is 14.0. The number of methoxy groups -OCH3 is 1. The van der Waals surface area contributed by atoms with E-state index in [9.17, 15) is 4.79 Å². The highest BCUT2D eigenvalue weighted by molar-refractivity contribution is 7.80. The average molecular weight is 300 g/mol. The van der Waals surface area contributed by atoms with Crippen LogP contribution in [0.3, 0.4) is 0 Å². The van der Waals surface area contributed by atoms with Crippen LogP contribution in [0.25, 0.3) is 0 Å². The van der Waals surface area contributed by atoms with Crippen molar-refractivity contribution in [2.24, 2.45) is 5.92 Å². The quantitative estimate of drug-likeness (QED) is 0.850. The summed E-state index contributed by atoms with van der Waals surface area (Å²) in [5.41, 5.74) is 0.513. The summed E-state index contributed by atoms with van der Waals surface area (Å²) in [7, 11) is 1.69. The van der Waals surface area contributed by atoms with E-state index in [0.717, 1.165) is 17.9 Å². The van der Waals surface area contributed by atoms with Crippen LogP contribution in [0.15, 0.2) is 23.1 Å². The zero-order valence-corrected chi connectivity index (χ0v) is 12.7. The van der Waals surface area contributed by atoms with E-state index in [1.807, 2.05) is 4.90 Å². The van der Waals surface area contributed by atoms with Crippen LogP contribution in [0.2, 0.25) is 5.02 Å². The third-order valence-corrected chi connectivity index (χ3v) is 4.27. The monoisotopic (exact) mass is 299 g/mol. The minimum Gasteiger partial charge on any atom is -0.379 e. The number of piperidine rings is 1. The van der Waals surface area contributed by atoms with Crippen LogP contribution < -0.4 is 0 Å². The fourth-order valence-corrected chi connectivity index (χ4v) is 2.77. The fraction of sp³-hybridized carbons (Fsp3) is 0.500. The molecule has 1 aliphatic heterocycles. The Bertz CT molecular complexity index is 481. The number of halogens is 1. The number of amides is 1. The van der Waals surface area contributed by atoms with Crippen molar-refractivity contribution in [3.05, 3.63) is 28.8 Å². The summed E-state index contributed by atoms with van der Waals surface area (Å²) < 4.78 is 5.43. The fourth-order valence-electron chi connectivity index (χ4n) is 2.37. The maximum Gasteiger partial charge on any atom is 0.255 e. The van der Waals surface area contributed by atoms with Gasteiger partial charge in [0.1, 0.15) is 0 Å². The lowest BCUT2D eigenvalue weighted by atomic mass is 9.95. The third kappa shape index (κ3) is 3.25. The lowest BCUT2D eigenvalue weighted by Crippen LogP contribution is -2.46. The molecular weight excluding hydrogens is 282 g/mol. The molecule has 1 amide bonds. The Labute approximate surface area is 124 Å². The molecule has 0 radical (unpaired) electrons. The summed E-state index contributed by atoms with van der Waals surface area (Å²) in [4.78, 5) is 15.0. The van der Waals surface area contributed by atoms with Gasteiger partial charge < -0.3 is 9.64 Å². The Hall–Kier alpha value is -0.710. The topological polar surface area (TPSA) is 29.5 Å². The molecule has 2 rings (SSSR count). The van der Waals surface area contributed by atoms with Crippen molar-refractivity contribution < 1.29 is 9.53 Å². The molecule has 0 N–H and O–H groups in total. The summed E-state index contributed by atoms with van der Waals surface area (Å²) in [6.45, 7) is 3.51. The van der Waals surface area contributed by atoms with Gasteiger partial charge in [-0.25, -0.2) is 0 Å². The summed E-state index contributed by atoms with van der Waals surface area (Å²) in [6, 6.07) is 5.20. The van der Waals surface area contributed by atoms with E-state index >= 15 is 0 Å². The maximum absolute atomic E-state index is 12.5. The van der Waals surface area contributed by atoms with Crippen molar-refractivity contribution >= 4 is 30.1 Å². The van der Waals surface area contributed by atoms with Gasteiger partial charge in [0.05, 0.1) is 16.7 Å². The van der Waals surface area contributed by atoms with Gasteiger partial charge in [-0.05, 0) is 30.5 Å². The van der Waals surface area contributed by atoms with Gasteiger partial charge in [0, 0.05) is 25.1 Å². The molecule has 0 aliphatic carbocycles. The van der Waals surface area contributed by atoms with Gasteiger partial charge in [-0.1, -0.05) is 18.5 Å². The van der Waals surface area contributed by atoms with Crippen molar-refractivity contribution in [2.75, 3.05) is 20.2 Å². The molecule has 1 aromatic rings. The van der Waals surface area contributed by atoms with E-state index < -0.39 is 0 Å². The number of nitrogens with zero attached hydrogens (tertiary/aromatic N) is 1. The van der Waals surface area contributed by atoms with E-state index in [4.69, 9.17) is 16.3 Å². The lowest BCUT2D eigenvalue weighted by molar-refractivity contribution is -0.00156. The molecule has 5 heteroatoms. The molecule has 2 unspecified atom stereocenters. The molecule has 1 aromatic carbocycles. The number of hydrogen-bond acceptors (Lipinski definition) is 3. The summed E-state index contributed by atoms with van der Waals surface area (Å²) in [5, 5.41) is 0.468. The van der Waals surface area contributed by atoms with Gasteiger partial charge in [0.2, 0.25) is 0 Å². The van der Waals surface area contributed by atoms with Crippen LogP contribution in [-0.4, -0.2) is 37.1 Å². The molecule has 0 aromatic heterocycles. The Morgan fingerprint density at radius 2 is 2.26 bits per heavy atom. The molecule has 104 valence electrons. The number of benzene rings is 1. The Balaban J connectivity index is 2.18. The van der Waals surface area contributed by atoms with Crippen molar-refractivity contribution in [3.8, 4) is 0 Å². The van der Waals surface area contributed by atoms with Crippen LogP contribution in [-0.2, 0) is 4.74 Å². The number of likely N-dealkylation sites (tertiary alicyclic amines) is 1. The first kappa shape index (κ1) is 14.7. The van der Waals surface area contributed by atoms with Crippen molar-refractivity contribution in [1.29, 1.82) is 0 Å². The normalized spacial score (nSPS) is 23.5. The zero-order valence-electron chi connectivity index (χ0n) is 11.1. The second-order valence-electron chi connectivity index (χ2n) is 4.96. The van der Waals surface area contributed by atoms with Crippen LogP contribution in [0.4, 0.5) is 0 Å². The van der Waals surface area contributed by atoms with Crippen LogP contribution in [0, 0.1) is 5.92 Å². The molecule has 3 nitrogen and oxygen atoms in total. The number of hydrogen-bond donors (Lipinski definition) is 1. The molecule has 0 bridgehead atoms. The Morgan fingerprint density at radius 1 is 1.53 bits per heavy atom. The van der Waals surface area contributed by atoms with Crippen LogP contribution in [0.5, 0.6) is 0 Å². The third-order valence-electron chi connectivity index (χ3n) is 3.66. The van der Waals surface area contributed by atoms with E-state index in [1.165, 1.54) is 0 Å². The number of ether oxygens (including phenoxy) is 1. The predicted octanol–water partition coefficient (Wildman–Crippen LogP) is 3.13. The molecule has 0 saturated carbocycles. The van der Waals surface area contributed by atoms with Gasteiger partial charge in [0.15, 0.2) is 0 Å². The highest BCUT2D eigenvalue weighted by atomic mass is 35.5. The van der Waals surface area contributed by atoms with Crippen molar-refractivity contribution in [1.82, 2.24) is 4.90 Å². The first-order valence-corrected chi connectivity index (χ1v) is 7.16. The lowest BCUT2D eigenvalue weighted by Gasteiger charge is -2.36. The summed E-state index contributed by atoms with van der Waals surface area (Å²) in [6.07, 6.45) is 1.04. The SMILES string of the molecule is COC1CN(C(=O)c2cc(S)ccc2Cl)CCC1C. The first-order chi connectivity index (χ1) is 9.02. The number of rotatable bonds is 2. The molecule has 2 atom stereocenters. The van der Waals surface area contributed by atoms with Gasteiger partial charge >= 0.3 is 0 Å². The van der Waals surface area contributed by atoms with Gasteiger partial charge in [-0.3, -0.25) is 4.79 Å². The number of carbonyl (C=O) groups is 1. The predicted molar refractivity (Wildman–Crippen MR) is 79.2 cm³/mol. The highest BCUT2D eigenvalue weighted by Gasteiger charge is 2.29. The average Bonchev–Trinajstić information content (AvgIpc) is 2.41. The largest absolute Gasteiger partial charge is 0.379 e. The van der Waals surface area contributed by atoms with E-state index in [0.29, 0.717) is 23.0 Å². The van der Waals surface area contributed by atoms with E-state index in [2.05, 4.69) is 19.6 Å². The molecule has 19 heavy (non-hydrogen) atoms. The minimum absolute atomic E-state index is 0.0464. The first-order valence-electron chi connectivity index (χ1n) is 6.33. The smallest absolute Gasteiger partial charge is 0.255 e. The Morgan fingerprint density at radius 3 is 2.95 bits per heavy atom. The molecule has 1 aliphatic rings. The standard InChI is InChI=1S/C14H18ClNO2S/c1-9-5-6-16(8-13(9)18-2)14(17)11-7-10(19)3-4-12(11)15/h3-4,7,9,13,19H,5-6,8H2,1-2H3. The van der Waals surface area contributed by atoms with E-state index in [-0.39, 0.29) is 12.0 Å². The Kier molecular flexibility index (Phi) is 4.76. The highest BCUT2D eigenvalue weighted by Crippen LogP contribution is 2.25. The van der Waals surface area contributed by atoms with Crippen molar-refractivity contribution in [2.45, 2.75) is 24.3 Å². The van der Waals surface area contributed by atoms with Crippen LogP contribution in [0.1, 0.15) is 23.7 Å². The number of carbonyl (C=O) groups excluding carboxylic acids is 1. The van der Waals surface area contributed by atoms with Gasteiger partial charge in [-0.15, -0.1) is 12.6 Å². The summed E-state index contributed by atoms with van der Waals surface area (Å²) in [5.74, 6) is 0.426. The molecule has 1 heterocycles. The van der Waals surface area contributed by atoms with Crippen LogP contribution >= 0.6 is 24.2 Å². The van der Waals surface area contributed by atoms with Gasteiger partial charge in [0.25, 0.3) is 5.91 Å². The maximum atomic E-state index is 12.5. The van der Waals surface area contributed by atoms with E-state index in [1.54, 1.807) is 25.3 Å². The molecule has 1 fully saturated rings.